The van der Waals surface area contributed by atoms with Gasteiger partial charge < -0.3 is 5.73 Å². The number of carbonyl (C=O) groups is 1. The number of rotatable bonds is 6. The van der Waals surface area contributed by atoms with Gasteiger partial charge in [0.25, 0.3) is 0 Å². The van der Waals surface area contributed by atoms with Crippen molar-refractivity contribution in [3.05, 3.63) is 42.5 Å². The second-order valence-corrected chi connectivity index (χ2v) is 4.01. The highest BCUT2D eigenvalue weighted by Crippen LogP contribution is 2.20. The molecular weight excluding hydrogens is 230 g/mol. The molecule has 0 radical (unpaired) electrons. The zero-order valence-electron chi connectivity index (χ0n) is 9.94. The fourth-order valence-electron chi connectivity index (χ4n) is 1.84. The maximum Gasteiger partial charge on any atom is 0.217 e. The Kier molecular flexibility index (Phi) is 4.01. The Morgan fingerprint density at radius 3 is 2.89 bits per heavy atom. The Bertz CT molecular complexity index is 482. The lowest BCUT2D eigenvalue weighted by molar-refractivity contribution is -0.118. The molecular formula is C12H15N5O. The molecule has 6 nitrogen and oxygen atoms in total. The van der Waals surface area contributed by atoms with Crippen molar-refractivity contribution in [3.63, 3.8) is 0 Å². The van der Waals surface area contributed by atoms with E-state index in [1.807, 2.05) is 18.2 Å². The first-order valence-electron chi connectivity index (χ1n) is 5.82. The van der Waals surface area contributed by atoms with Gasteiger partial charge in [-0.1, -0.05) is 11.3 Å². The van der Waals surface area contributed by atoms with Crippen molar-refractivity contribution in [3.8, 4) is 0 Å². The van der Waals surface area contributed by atoms with E-state index in [0.29, 0.717) is 12.8 Å². The van der Waals surface area contributed by atoms with E-state index in [0.717, 1.165) is 12.1 Å². The summed E-state index contributed by atoms with van der Waals surface area (Å²) in [7, 11) is 0. The van der Waals surface area contributed by atoms with Gasteiger partial charge in [0.05, 0.1) is 17.9 Å². The monoisotopic (exact) mass is 245 g/mol. The third kappa shape index (κ3) is 3.13. The first-order chi connectivity index (χ1) is 8.77. The van der Waals surface area contributed by atoms with Crippen molar-refractivity contribution >= 4 is 5.91 Å². The van der Waals surface area contributed by atoms with Crippen LogP contribution in [-0.4, -0.2) is 25.9 Å². The van der Waals surface area contributed by atoms with Crippen LogP contribution in [0.5, 0.6) is 0 Å². The minimum atomic E-state index is -0.284. The summed E-state index contributed by atoms with van der Waals surface area (Å²) in [6, 6.07) is 5.73. The molecule has 0 saturated heterocycles. The number of pyridine rings is 1. The molecule has 1 atom stereocenters. The molecule has 0 fully saturated rings. The zero-order valence-corrected chi connectivity index (χ0v) is 9.94. The van der Waals surface area contributed by atoms with Crippen LogP contribution in [0.3, 0.4) is 0 Å². The normalized spacial score (nSPS) is 12.2. The second kappa shape index (κ2) is 5.90. The number of primary amides is 1. The minimum absolute atomic E-state index is 0.00644. The number of nitrogens with zero attached hydrogens (tertiary/aromatic N) is 4. The van der Waals surface area contributed by atoms with Gasteiger partial charge in [-0.05, 0) is 25.0 Å². The first kappa shape index (κ1) is 12.2. The molecule has 2 aromatic heterocycles. The zero-order chi connectivity index (χ0) is 12.8. The first-order valence-corrected chi connectivity index (χ1v) is 5.82. The van der Waals surface area contributed by atoms with Crippen LogP contribution in [0.1, 0.15) is 31.0 Å². The van der Waals surface area contributed by atoms with Crippen LogP contribution in [0, 0.1) is 0 Å². The van der Waals surface area contributed by atoms with Gasteiger partial charge >= 0.3 is 0 Å². The summed E-state index contributed by atoms with van der Waals surface area (Å²) in [5, 5.41) is 7.81. The number of aromatic nitrogens is 4. The molecule has 2 heterocycles. The summed E-state index contributed by atoms with van der Waals surface area (Å²) in [4.78, 5) is 15.1. The molecule has 18 heavy (non-hydrogen) atoms. The van der Waals surface area contributed by atoms with Gasteiger partial charge in [-0.2, -0.15) is 0 Å². The van der Waals surface area contributed by atoms with Crippen LogP contribution in [0.4, 0.5) is 0 Å². The van der Waals surface area contributed by atoms with Gasteiger partial charge in [0.2, 0.25) is 5.91 Å². The van der Waals surface area contributed by atoms with Crippen LogP contribution in [0.15, 0.2) is 36.8 Å². The topological polar surface area (TPSA) is 86.7 Å². The summed E-state index contributed by atoms with van der Waals surface area (Å²) in [6.07, 6.45) is 7.00. The molecule has 0 aliphatic carbocycles. The van der Waals surface area contributed by atoms with Crippen molar-refractivity contribution < 1.29 is 4.79 Å². The molecule has 2 N–H and O–H groups in total. The lowest BCUT2D eigenvalue weighted by atomic mass is 10.1. The summed E-state index contributed by atoms with van der Waals surface area (Å²) in [5.41, 5.74) is 6.06. The quantitative estimate of drug-likeness (QED) is 0.819. The van der Waals surface area contributed by atoms with E-state index in [-0.39, 0.29) is 11.9 Å². The predicted molar refractivity (Wildman–Crippen MR) is 65.4 cm³/mol. The third-order valence-corrected chi connectivity index (χ3v) is 2.69. The van der Waals surface area contributed by atoms with Gasteiger partial charge in [-0.15, -0.1) is 5.10 Å². The maximum atomic E-state index is 10.8. The molecule has 0 spiro atoms. The van der Waals surface area contributed by atoms with E-state index in [9.17, 15) is 4.79 Å². The van der Waals surface area contributed by atoms with Gasteiger partial charge in [-0.3, -0.25) is 9.78 Å². The van der Waals surface area contributed by atoms with Gasteiger partial charge in [0, 0.05) is 18.8 Å². The van der Waals surface area contributed by atoms with E-state index in [1.165, 1.54) is 0 Å². The van der Waals surface area contributed by atoms with Gasteiger partial charge in [0.15, 0.2) is 0 Å². The Morgan fingerprint density at radius 2 is 2.28 bits per heavy atom. The molecule has 94 valence electrons. The smallest absolute Gasteiger partial charge is 0.217 e. The van der Waals surface area contributed by atoms with Crippen LogP contribution in [0.25, 0.3) is 0 Å². The number of carbonyl (C=O) groups excluding carboxylic acids is 1. The molecule has 1 unspecified atom stereocenters. The van der Waals surface area contributed by atoms with Crippen LogP contribution in [-0.2, 0) is 4.79 Å². The second-order valence-electron chi connectivity index (χ2n) is 4.01. The summed E-state index contributed by atoms with van der Waals surface area (Å²) in [6.45, 7) is 0. The summed E-state index contributed by atoms with van der Waals surface area (Å²) in [5.74, 6) is -0.284. The summed E-state index contributed by atoms with van der Waals surface area (Å²) < 4.78 is 1.75. The molecule has 0 saturated carbocycles. The molecule has 1 amide bonds. The lowest BCUT2D eigenvalue weighted by Gasteiger charge is -2.15. The van der Waals surface area contributed by atoms with E-state index in [4.69, 9.17) is 5.73 Å². The van der Waals surface area contributed by atoms with E-state index in [1.54, 1.807) is 23.3 Å². The Hall–Kier alpha value is -2.24. The highest BCUT2D eigenvalue weighted by atomic mass is 16.1. The highest BCUT2D eigenvalue weighted by Gasteiger charge is 2.15. The Labute approximate surface area is 105 Å². The SMILES string of the molecule is NC(=O)CCCC(c1ccccn1)n1ccnn1. The van der Waals surface area contributed by atoms with E-state index >= 15 is 0 Å². The van der Waals surface area contributed by atoms with Crippen LogP contribution < -0.4 is 5.73 Å². The number of hydrogen-bond acceptors (Lipinski definition) is 4. The fraction of sp³-hybridized carbons (Fsp3) is 0.333. The highest BCUT2D eigenvalue weighted by molar-refractivity contribution is 5.73. The standard InChI is InChI=1S/C12H15N5O/c13-12(18)6-3-5-11(17-9-8-15-16-17)10-4-1-2-7-14-10/h1-2,4,7-9,11H,3,5-6H2,(H2,13,18). The predicted octanol–water partition coefficient (Wildman–Crippen LogP) is 0.918. The van der Waals surface area contributed by atoms with Crippen LogP contribution in [0.2, 0.25) is 0 Å². The number of hydrogen-bond donors (Lipinski definition) is 1. The average molecular weight is 245 g/mol. The van der Waals surface area contributed by atoms with Crippen LogP contribution >= 0.6 is 0 Å². The summed E-state index contributed by atoms with van der Waals surface area (Å²) >= 11 is 0. The Morgan fingerprint density at radius 1 is 1.39 bits per heavy atom. The molecule has 2 aromatic rings. The van der Waals surface area contributed by atoms with Crippen molar-refractivity contribution in [2.45, 2.75) is 25.3 Å². The molecule has 2 rings (SSSR count). The largest absolute Gasteiger partial charge is 0.370 e. The van der Waals surface area contributed by atoms with Gasteiger partial charge in [0.1, 0.15) is 0 Å². The van der Waals surface area contributed by atoms with E-state index in [2.05, 4.69) is 15.3 Å². The number of amides is 1. The lowest BCUT2D eigenvalue weighted by Crippen LogP contribution is -2.15. The molecule has 6 heteroatoms. The fourth-order valence-corrected chi connectivity index (χ4v) is 1.84. The van der Waals surface area contributed by atoms with E-state index < -0.39 is 0 Å². The van der Waals surface area contributed by atoms with Gasteiger partial charge in [-0.25, -0.2) is 4.68 Å². The van der Waals surface area contributed by atoms with Crippen molar-refractivity contribution in [2.24, 2.45) is 5.73 Å². The molecule has 0 bridgehead atoms. The van der Waals surface area contributed by atoms with Crippen molar-refractivity contribution in [1.82, 2.24) is 20.0 Å². The molecule has 0 aromatic carbocycles. The third-order valence-electron chi connectivity index (χ3n) is 2.69. The maximum absolute atomic E-state index is 10.8. The Balaban J connectivity index is 2.11. The number of nitrogens with two attached hydrogens (primary N) is 1. The molecule has 0 aliphatic rings. The van der Waals surface area contributed by atoms with Crippen molar-refractivity contribution in [2.75, 3.05) is 0 Å². The van der Waals surface area contributed by atoms with Crippen molar-refractivity contribution in [1.29, 1.82) is 0 Å². The molecule has 0 aliphatic heterocycles. The average Bonchev–Trinajstić information content (AvgIpc) is 2.89. The minimum Gasteiger partial charge on any atom is -0.370 e.